The van der Waals surface area contributed by atoms with E-state index in [1.807, 2.05) is 20.8 Å². The largest absolute Gasteiger partial charge is 0.469 e. The smallest absolute Gasteiger partial charge is 0.305 e. The van der Waals surface area contributed by atoms with Crippen molar-refractivity contribution in [3.05, 3.63) is 0 Å². The van der Waals surface area contributed by atoms with Gasteiger partial charge in [0.1, 0.15) is 0 Å². The first-order valence-corrected chi connectivity index (χ1v) is 5.56. The first-order valence-electron chi connectivity index (χ1n) is 5.56. The third kappa shape index (κ3) is 9.73. The summed E-state index contributed by atoms with van der Waals surface area (Å²) in [4.78, 5) is 10.9. The third-order valence-corrected chi connectivity index (χ3v) is 2.11. The summed E-state index contributed by atoms with van der Waals surface area (Å²) in [7, 11) is 1.43. The van der Waals surface area contributed by atoms with Crippen LogP contribution in [-0.4, -0.2) is 25.3 Å². The van der Waals surface area contributed by atoms with Crippen molar-refractivity contribution in [1.29, 1.82) is 0 Å². The van der Waals surface area contributed by atoms with Crippen LogP contribution < -0.4 is 0 Å². The van der Waals surface area contributed by atoms with Gasteiger partial charge in [0.15, 0.2) is 0 Å². The summed E-state index contributed by atoms with van der Waals surface area (Å²) in [5.41, 5.74) is -0.0728. The summed E-state index contributed by atoms with van der Waals surface area (Å²) < 4.78 is 10.2. The highest BCUT2D eigenvalue weighted by Crippen LogP contribution is 2.13. The average molecular weight is 216 g/mol. The number of carbonyl (C=O) groups excluding carboxylic acids is 1. The van der Waals surface area contributed by atoms with Crippen LogP contribution in [0.25, 0.3) is 0 Å². The molecule has 3 nitrogen and oxygen atoms in total. The Bertz CT molecular complexity index is 182. The van der Waals surface area contributed by atoms with Gasteiger partial charge in [-0.15, -0.1) is 0 Å². The van der Waals surface area contributed by atoms with Gasteiger partial charge in [0, 0.05) is 13.0 Å². The standard InChI is InChI=1S/C12H24O3/c1-10(9-15-12(2,3)4)7-6-8-11(13)14-5/h10H,6-9H2,1-5H3. The van der Waals surface area contributed by atoms with Crippen LogP contribution in [0, 0.1) is 5.92 Å². The zero-order valence-electron chi connectivity index (χ0n) is 10.6. The van der Waals surface area contributed by atoms with Crippen molar-refractivity contribution in [1.82, 2.24) is 0 Å². The fraction of sp³-hybridized carbons (Fsp3) is 0.917. The zero-order valence-corrected chi connectivity index (χ0v) is 10.6. The molecule has 0 fully saturated rings. The summed E-state index contributed by atoms with van der Waals surface area (Å²) in [5, 5.41) is 0. The lowest BCUT2D eigenvalue weighted by Gasteiger charge is -2.22. The fourth-order valence-electron chi connectivity index (χ4n) is 1.17. The Morgan fingerprint density at radius 1 is 1.33 bits per heavy atom. The van der Waals surface area contributed by atoms with Crippen molar-refractivity contribution < 1.29 is 14.3 Å². The highest BCUT2D eigenvalue weighted by atomic mass is 16.5. The molecule has 0 saturated heterocycles. The zero-order chi connectivity index (χ0) is 11.9. The van der Waals surface area contributed by atoms with E-state index >= 15 is 0 Å². The maximum absolute atomic E-state index is 10.9. The molecule has 0 amide bonds. The summed E-state index contributed by atoms with van der Waals surface area (Å²) >= 11 is 0. The van der Waals surface area contributed by atoms with Gasteiger partial charge in [-0.1, -0.05) is 6.92 Å². The topological polar surface area (TPSA) is 35.5 Å². The predicted molar refractivity (Wildman–Crippen MR) is 60.7 cm³/mol. The Morgan fingerprint density at radius 2 is 1.93 bits per heavy atom. The molecule has 90 valence electrons. The van der Waals surface area contributed by atoms with E-state index in [0.29, 0.717) is 12.3 Å². The molecule has 0 rings (SSSR count). The van der Waals surface area contributed by atoms with Crippen LogP contribution in [0.2, 0.25) is 0 Å². The maximum atomic E-state index is 10.9. The van der Waals surface area contributed by atoms with Crippen LogP contribution in [0.3, 0.4) is 0 Å². The Hall–Kier alpha value is -0.570. The van der Waals surface area contributed by atoms with Gasteiger partial charge < -0.3 is 9.47 Å². The number of rotatable bonds is 6. The minimum atomic E-state index is -0.126. The highest BCUT2D eigenvalue weighted by molar-refractivity contribution is 5.68. The minimum Gasteiger partial charge on any atom is -0.469 e. The van der Waals surface area contributed by atoms with Crippen LogP contribution in [0.5, 0.6) is 0 Å². The van der Waals surface area contributed by atoms with Crippen LogP contribution in [-0.2, 0) is 14.3 Å². The van der Waals surface area contributed by atoms with Gasteiger partial charge in [0.2, 0.25) is 0 Å². The molecule has 0 saturated carbocycles. The second-order valence-electron chi connectivity index (χ2n) is 5.00. The lowest BCUT2D eigenvalue weighted by molar-refractivity contribution is -0.140. The van der Waals surface area contributed by atoms with Crippen molar-refractivity contribution >= 4 is 5.97 Å². The average Bonchev–Trinajstić information content (AvgIpc) is 2.13. The number of ether oxygens (including phenoxy) is 2. The number of esters is 1. The normalized spacial score (nSPS) is 13.7. The lowest BCUT2D eigenvalue weighted by atomic mass is 10.0. The Balaban J connectivity index is 3.49. The van der Waals surface area contributed by atoms with E-state index in [1.54, 1.807) is 0 Å². The molecule has 0 aromatic rings. The predicted octanol–water partition coefficient (Wildman–Crippen LogP) is 2.78. The van der Waals surface area contributed by atoms with Gasteiger partial charge in [0.05, 0.1) is 12.7 Å². The minimum absolute atomic E-state index is 0.0728. The van der Waals surface area contributed by atoms with Crippen LogP contribution in [0.4, 0.5) is 0 Å². The van der Waals surface area contributed by atoms with Crippen molar-refractivity contribution in [2.24, 2.45) is 5.92 Å². The molecule has 0 N–H and O–H groups in total. The molecule has 0 spiro atoms. The van der Waals surface area contributed by atoms with Crippen LogP contribution in [0.1, 0.15) is 47.0 Å². The second-order valence-corrected chi connectivity index (χ2v) is 5.00. The molecule has 0 radical (unpaired) electrons. The first-order chi connectivity index (χ1) is 6.85. The fourth-order valence-corrected chi connectivity index (χ4v) is 1.17. The molecular weight excluding hydrogens is 192 g/mol. The molecule has 0 heterocycles. The van der Waals surface area contributed by atoms with E-state index in [9.17, 15) is 4.79 Å². The summed E-state index contributed by atoms with van der Waals surface area (Å²) in [6, 6.07) is 0. The second kappa shape index (κ2) is 6.83. The first kappa shape index (κ1) is 14.4. The number of hydrogen-bond acceptors (Lipinski definition) is 3. The van der Waals surface area contributed by atoms with E-state index in [4.69, 9.17) is 4.74 Å². The summed E-state index contributed by atoms with van der Waals surface area (Å²) in [6.07, 6.45) is 2.39. The molecule has 3 heteroatoms. The molecule has 1 unspecified atom stereocenters. The number of hydrogen-bond donors (Lipinski definition) is 0. The molecule has 0 bridgehead atoms. The SMILES string of the molecule is COC(=O)CCCC(C)COC(C)(C)C. The molecule has 0 aromatic carbocycles. The van der Waals surface area contributed by atoms with Crippen molar-refractivity contribution in [3.8, 4) is 0 Å². The van der Waals surface area contributed by atoms with Gasteiger partial charge in [-0.3, -0.25) is 4.79 Å². The van der Waals surface area contributed by atoms with Gasteiger partial charge in [0.25, 0.3) is 0 Å². The summed E-state index contributed by atoms with van der Waals surface area (Å²) in [6.45, 7) is 9.05. The monoisotopic (exact) mass is 216 g/mol. The number of carbonyl (C=O) groups is 1. The van der Waals surface area contributed by atoms with Crippen LogP contribution >= 0.6 is 0 Å². The van der Waals surface area contributed by atoms with E-state index in [1.165, 1.54) is 7.11 Å². The summed E-state index contributed by atoms with van der Waals surface area (Å²) in [5.74, 6) is 0.368. The molecule has 0 aliphatic heterocycles. The van der Waals surface area contributed by atoms with Gasteiger partial charge in [-0.25, -0.2) is 0 Å². The number of methoxy groups -OCH3 is 1. The van der Waals surface area contributed by atoms with Crippen molar-refractivity contribution in [3.63, 3.8) is 0 Å². The van der Waals surface area contributed by atoms with Gasteiger partial charge >= 0.3 is 5.97 Å². The van der Waals surface area contributed by atoms with Crippen LogP contribution in [0.15, 0.2) is 0 Å². The molecule has 0 aliphatic rings. The van der Waals surface area contributed by atoms with Gasteiger partial charge in [-0.2, -0.15) is 0 Å². The Morgan fingerprint density at radius 3 is 2.40 bits per heavy atom. The molecular formula is C12H24O3. The Kier molecular flexibility index (Phi) is 6.57. The van der Waals surface area contributed by atoms with Gasteiger partial charge in [-0.05, 0) is 39.5 Å². The quantitative estimate of drug-likeness (QED) is 0.640. The van der Waals surface area contributed by atoms with Crippen molar-refractivity contribution in [2.75, 3.05) is 13.7 Å². The highest BCUT2D eigenvalue weighted by Gasteiger charge is 2.12. The molecule has 0 aliphatic carbocycles. The van der Waals surface area contributed by atoms with E-state index in [-0.39, 0.29) is 11.6 Å². The maximum Gasteiger partial charge on any atom is 0.305 e. The molecule has 0 aromatic heterocycles. The van der Waals surface area contributed by atoms with E-state index in [2.05, 4.69) is 11.7 Å². The third-order valence-electron chi connectivity index (χ3n) is 2.11. The lowest BCUT2D eigenvalue weighted by Crippen LogP contribution is -2.22. The van der Waals surface area contributed by atoms with E-state index in [0.717, 1.165) is 19.4 Å². The van der Waals surface area contributed by atoms with Crippen molar-refractivity contribution in [2.45, 2.75) is 52.6 Å². The molecule has 15 heavy (non-hydrogen) atoms. The Labute approximate surface area is 93.1 Å². The van der Waals surface area contributed by atoms with E-state index < -0.39 is 0 Å². The molecule has 1 atom stereocenters.